The molecule has 1 aromatic carbocycles. The third-order valence-corrected chi connectivity index (χ3v) is 3.09. The number of methoxy groups -OCH3 is 1. The van der Waals surface area contributed by atoms with Crippen molar-refractivity contribution < 1.29 is 14.3 Å². The molecule has 0 aliphatic carbocycles. The highest BCUT2D eigenvalue weighted by atomic mass is 16.5. The summed E-state index contributed by atoms with van der Waals surface area (Å²) < 4.78 is 10.6. The summed E-state index contributed by atoms with van der Waals surface area (Å²) in [5.74, 6) is 0.428. The third kappa shape index (κ3) is 6.78. The van der Waals surface area contributed by atoms with Gasteiger partial charge in [0.1, 0.15) is 5.75 Å². The fourth-order valence-corrected chi connectivity index (χ4v) is 1.88. The highest BCUT2D eigenvalue weighted by molar-refractivity contribution is 5.95. The number of hydrogen-bond acceptors (Lipinski definition) is 5. The van der Waals surface area contributed by atoms with Crippen LogP contribution in [-0.2, 0) is 4.74 Å². The Bertz CT molecular complexity index is 464. The van der Waals surface area contributed by atoms with E-state index in [9.17, 15) is 4.79 Å². The molecule has 6 nitrogen and oxygen atoms in total. The molecule has 3 N–H and O–H groups in total. The standard InChI is InChI=1S/C16H27N3O3/c1-19(2)9-5-11-22-15-12-13(6-7-14(15)17)16(20)18-8-4-10-21-3/h6-7,12H,4-5,8-11,17H2,1-3H3,(H,18,20). The van der Waals surface area contributed by atoms with E-state index < -0.39 is 0 Å². The maximum Gasteiger partial charge on any atom is 0.251 e. The van der Waals surface area contributed by atoms with Crippen molar-refractivity contribution in [3.63, 3.8) is 0 Å². The Kier molecular flexibility index (Phi) is 8.32. The van der Waals surface area contributed by atoms with Crippen LogP contribution in [0.4, 0.5) is 5.69 Å². The zero-order valence-corrected chi connectivity index (χ0v) is 13.7. The first-order valence-electron chi connectivity index (χ1n) is 7.48. The summed E-state index contributed by atoms with van der Waals surface area (Å²) in [6.07, 6.45) is 1.69. The Morgan fingerprint density at radius 1 is 1.27 bits per heavy atom. The summed E-state index contributed by atoms with van der Waals surface area (Å²) in [5.41, 5.74) is 6.98. The molecule has 0 heterocycles. The van der Waals surface area contributed by atoms with Gasteiger partial charge >= 0.3 is 0 Å². The molecule has 0 saturated heterocycles. The number of amides is 1. The normalized spacial score (nSPS) is 10.7. The molecule has 0 fully saturated rings. The Balaban J connectivity index is 2.51. The van der Waals surface area contributed by atoms with Gasteiger partial charge in [0.15, 0.2) is 0 Å². The number of hydrogen-bond donors (Lipinski definition) is 2. The number of carbonyl (C=O) groups is 1. The minimum atomic E-state index is -0.130. The van der Waals surface area contributed by atoms with E-state index in [0.717, 1.165) is 19.4 Å². The second-order valence-corrected chi connectivity index (χ2v) is 5.36. The van der Waals surface area contributed by atoms with Crippen molar-refractivity contribution >= 4 is 11.6 Å². The highest BCUT2D eigenvalue weighted by Gasteiger charge is 2.09. The number of ether oxygens (including phenoxy) is 2. The molecule has 0 aromatic heterocycles. The molecule has 1 rings (SSSR count). The molecule has 0 aliphatic heterocycles. The summed E-state index contributed by atoms with van der Waals surface area (Å²) >= 11 is 0. The van der Waals surface area contributed by atoms with Crippen LogP contribution in [0, 0.1) is 0 Å². The first-order chi connectivity index (χ1) is 10.5. The lowest BCUT2D eigenvalue weighted by Crippen LogP contribution is -2.25. The van der Waals surface area contributed by atoms with Gasteiger partial charge in [0.2, 0.25) is 0 Å². The molecule has 0 spiro atoms. The molecule has 0 atom stereocenters. The van der Waals surface area contributed by atoms with E-state index in [1.165, 1.54) is 0 Å². The van der Waals surface area contributed by atoms with Crippen molar-refractivity contribution in [2.45, 2.75) is 12.8 Å². The number of nitrogens with two attached hydrogens (primary N) is 1. The summed E-state index contributed by atoms with van der Waals surface area (Å²) in [6.45, 7) is 2.72. The van der Waals surface area contributed by atoms with Crippen molar-refractivity contribution in [3.05, 3.63) is 23.8 Å². The lowest BCUT2D eigenvalue weighted by Gasteiger charge is -2.13. The molecule has 0 saturated carbocycles. The molecule has 6 heteroatoms. The summed E-state index contributed by atoms with van der Waals surface area (Å²) in [4.78, 5) is 14.1. The molecular weight excluding hydrogens is 282 g/mol. The predicted octanol–water partition coefficient (Wildman–Crippen LogP) is 1.37. The fraction of sp³-hybridized carbons (Fsp3) is 0.562. The number of benzene rings is 1. The van der Waals surface area contributed by atoms with E-state index in [1.807, 2.05) is 14.1 Å². The predicted molar refractivity (Wildman–Crippen MR) is 88.3 cm³/mol. The fourth-order valence-electron chi connectivity index (χ4n) is 1.88. The minimum absolute atomic E-state index is 0.130. The zero-order valence-electron chi connectivity index (χ0n) is 13.7. The Hall–Kier alpha value is -1.79. The molecule has 0 aliphatic rings. The van der Waals surface area contributed by atoms with Crippen molar-refractivity contribution in [1.29, 1.82) is 0 Å². The van der Waals surface area contributed by atoms with Crippen LogP contribution in [0.15, 0.2) is 18.2 Å². The highest BCUT2D eigenvalue weighted by Crippen LogP contribution is 2.23. The SMILES string of the molecule is COCCCNC(=O)c1ccc(N)c(OCCCN(C)C)c1. The number of nitrogens with one attached hydrogen (secondary N) is 1. The second kappa shape index (κ2) is 10.0. The number of anilines is 1. The topological polar surface area (TPSA) is 76.8 Å². The Morgan fingerprint density at radius 3 is 2.73 bits per heavy atom. The summed E-state index contributed by atoms with van der Waals surface area (Å²) in [6, 6.07) is 5.09. The number of nitrogen functional groups attached to an aromatic ring is 1. The summed E-state index contributed by atoms with van der Waals surface area (Å²) in [5, 5.41) is 2.84. The van der Waals surface area contributed by atoms with Gasteiger partial charge in [-0.25, -0.2) is 0 Å². The molecule has 124 valence electrons. The van der Waals surface area contributed by atoms with Gasteiger partial charge in [-0.2, -0.15) is 0 Å². The monoisotopic (exact) mass is 309 g/mol. The van der Waals surface area contributed by atoms with Crippen LogP contribution in [-0.4, -0.2) is 58.3 Å². The number of carbonyl (C=O) groups excluding carboxylic acids is 1. The van der Waals surface area contributed by atoms with Crippen molar-refractivity contribution in [1.82, 2.24) is 10.2 Å². The third-order valence-electron chi connectivity index (χ3n) is 3.09. The smallest absolute Gasteiger partial charge is 0.251 e. The van der Waals surface area contributed by atoms with Crippen LogP contribution >= 0.6 is 0 Å². The number of rotatable bonds is 10. The first-order valence-corrected chi connectivity index (χ1v) is 7.48. The average Bonchev–Trinajstić information content (AvgIpc) is 2.49. The average molecular weight is 309 g/mol. The van der Waals surface area contributed by atoms with Gasteiger partial charge in [-0.1, -0.05) is 0 Å². The van der Waals surface area contributed by atoms with Gasteiger partial charge in [-0.15, -0.1) is 0 Å². The molecule has 0 bridgehead atoms. The van der Waals surface area contributed by atoms with Crippen molar-refractivity contribution in [2.75, 3.05) is 53.2 Å². The van der Waals surface area contributed by atoms with Gasteiger partial charge in [-0.3, -0.25) is 4.79 Å². The van der Waals surface area contributed by atoms with Crippen molar-refractivity contribution in [3.8, 4) is 5.75 Å². The maximum atomic E-state index is 12.0. The van der Waals surface area contributed by atoms with Gasteiger partial charge in [0.25, 0.3) is 5.91 Å². The Labute approximate surface area is 132 Å². The van der Waals surface area contributed by atoms with Crippen LogP contribution in [0.5, 0.6) is 5.75 Å². The molecule has 1 amide bonds. The van der Waals surface area contributed by atoms with Crippen LogP contribution in [0.25, 0.3) is 0 Å². The van der Waals surface area contributed by atoms with Crippen LogP contribution < -0.4 is 15.8 Å². The van der Waals surface area contributed by atoms with Crippen molar-refractivity contribution in [2.24, 2.45) is 0 Å². The quantitative estimate of drug-likeness (QED) is 0.504. The van der Waals surface area contributed by atoms with E-state index in [-0.39, 0.29) is 5.91 Å². The van der Waals surface area contributed by atoms with E-state index in [4.69, 9.17) is 15.2 Å². The van der Waals surface area contributed by atoms with Gasteiger partial charge in [0.05, 0.1) is 12.3 Å². The van der Waals surface area contributed by atoms with Crippen LogP contribution in [0.3, 0.4) is 0 Å². The van der Waals surface area contributed by atoms with E-state index in [2.05, 4.69) is 10.2 Å². The first kappa shape index (κ1) is 18.3. The minimum Gasteiger partial charge on any atom is -0.491 e. The zero-order chi connectivity index (χ0) is 16.4. The van der Waals surface area contributed by atoms with Crippen LogP contribution in [0.1, 0.15) is 23.2 Å². The second-order valence-electron chi connectivity index (χ2n) is 5.36. The van der Waals surface area contributed by atoms with Gasteiger partial charge in [-0.05, 0) is 45.1 Å². The lowest BCUT2D eigenvalue weighted by atomic mass is 10.1. The van der Waals surface area contributed by atoms with Gasteiger partial charge in [0, 0.05) is 32.4 Å². The Morgan fingerprint density at radius 2 is 2.05 bits per heavy atom. The molecule has 0 radical (unpaired) electrons. The van der Waals surface area contributed by atoms with E-state index in [1.54, 1.807) is 25.3 Å². The van der Waals surface area contributed by atoms with E-state index >= 15 is 0 Å². The molecule has 1 aromatic rings. The largest absolute Gasteiger partial charge is 0.491 e. The lowest BCUT2D eigenvalue weighted by molar-refractivity contribution is 0.0948. The number of nitrogens with zero attached hydrogens (tertiary/aromatic N) is 1. The van der Waals surface area contributed by atoms with E-state index in [0.29, 0.717) is 36.8 Å². The van der Waals surface area contributed by atoms with Gasteiger partial charge < -0.3 is 25.4 Å². The molecular formula is C16H27N3O3. The maximum absolute atomic E-state index is 12.0. The summed E-state index contributed by atoms with van der Waals surface area (Å²) in [7, 11) is 5.67. The molecule has 22 heavy (non-hydrogen) atoms. The van der Waals surface area contributed by atoms with Crippen LogP contribution in [0.2, 0.25) is 0 Å². The molecule has 0 unspecified atom stereocenters.